The number of amides is 1. The van der Waals surface area contributed by atoms with Crippen molar-refractivity contribution in [2.45, 2.75) is 32.6 Å². The molecule has 0 unspecified atom stereocenters. The lowest BCUT2D eigenvalue weighted by Gasteiger charge is -2.26. The number of nitrogens with zero attached hydrogens (tertiary/aromatic N) is 1. The van der Waals surface area contributed by atoms with Gasteiger partial charge in [-0.2, -0.15) is 13.2 Å². The van der Waals surface area contributed by atoms with E-state index >= 15 is 0 Å². The van der Waals surface area contributed by atoms with Gasteiger partial charge < -0.3 is 4.90 Å². The van der Waals surface area contributed by atoms with E-state index in [4.69, 9.17) is 0 Å². The SMILES string of the molecule is Cc1cccc2c1C(=O)N([C@@H](C)C(F)(F)F)C2. The fourth-order valence-corrected chi connectivity index (χ4v) is 2.05. The van der Waals surface area contributed by atoms with E-state index in [0.717, 1.165) is 17.4 Å². The van der Waals surface area contributed by atoms with E-state index in [0.29, 0.717) is 11.1 Å². The summed E-state index contributed by atoms with van der Waals surface area (Å²) in [5.41, 5.74) is 1.82. The van der Waals surface area contributed by atoms with Crippen LogP contribution in [0, 0.1) is 6.92 Å². The molecule has 1 aromatic carbocycles. The van der Waals surface area contributed by atoms with E-state index < -0.39 is 18.1 Å². The van der Waals surface area contributed by atoms with Gasteiger partial charge in [0.15, 0.2) is 0 Å². The van der Waals surface area contributed by atoms with Crippen molar-refractivity contribution >= 4 is 5.91 Å². The van der Waals surface area contributed by atoms with Gasteiger partial charge in [0.25, 0.3) is 5.91 Å². The Hall–Kier alpha value is -1.52. The quantitative estimate of drug-likeness (QED) is 0.742. The largest absolute Gasteiger partial charge is 0.408 e. The van der Waals surface area contributed by atoms with Crippen LogP contribution in [-0.4, -0.2) is 23.0 Å². The molecular formula is C12H12F3NO. The second-order valence-corrected chi connectivity index (χ2v) is 4.26. The van der Waals surface area contributed by atoms with Crippen molar-refractivity contribution < 1.29 is 18.0 Å². The van der Waals surface area contributed by atoms with Crippen LogP contribution < -0.4 is 0 Å². The maximum atomic E-state index is 12.6. The molecule has 1 aromatic rings. The number of hydrogen-bond donors (Lipinski definition) is 0. The van der Waals surface area contributed by atoms with Gasteiger partial charge in [-0.15, -0.1) is 0 Å². The molecule has 1 heterocycles. The van der Waals surface area contributed by atoms with E-state index in [-0.39, 0.29) is 6.54 Å². The third-order valence-electron chi connectivity index (χ3n) is 3.12. The summed E-state index contributed by atoms with van der Waals surface area (Å²) in [7, 11) is 0. The fourth-order valence-electron chi connectivity index (χ4n) is 2.05. The van der Waals surface area contributed by atoms with Crippen molar-refractivity contribution in [2.24, 2.45) is 0 Å². The van der Waals surface area contributed by atoms with Crippen LogP contribution in [0.3, 0.4) is 0 Å². The maximum Gasteiger partial charge on any atom is 0.408 e. The van der Waals surface area contributed by atoms with Gasteiger partial charge in [-0.05, 0) is 25.0 Å². The number of hydrogen-bond acceptors (Lipinski definition) is 1. The van der Waals surface area contributed by atoms with Crippen LogP contribution in [0.4, 0.5) is 13.2 Å². The first kappa shape index (κ1) is 12.0. The molecule has 0 saturated carbocycles. The lowest BCUT2D eigenvalue weighted by atomic mass is 10.0. The first-order valence-electron chi connectivity index (χ1n) is 5.28. The monoisotopic (exact) mass is 243 g/mol. The van der Waals surface area contributed by atoms with Crippen LogP contribution in [0.15, 0.2) is 18.2 Å². The number of carbonyl (C=O) groups excluding carboxylic acids is 1. The highest BCUT2D eigenvalue weighted by molar-refractivity contribution is 5.99. The second-order valence-electron chi connectivity index (χ2n) is 4.26. The molecule has 1 atom stereocenters. The molecule has 0 aliphatic carbocycles. The number of benzene rings is 1. The van der Waals surface area contributed by atoms with Crippen molar-refractivity contribution in [3.05, 3.63) is 34.9 Å². The molecular weight excluding hydrogens is 231 g/mol. The summed E-state index contributed by atoms with van der Waals surface area (Å²) in [6, 6.07) is 3.44. The summed E-state index contributed by atoms with van der Waals surface area (Å²) < 4.78 is 37.8. The topological polar surface area (TPSA) is 20.3 Å². The van der Waals surface area contributed by atoms with E-state index in [1.54, 1.807) is 25.1 Å². The van der Waals surface area contributed by atoms with Crippen LogP contribution in [-0.2, 0) is 6.54 Å². The molecule has 0 aromatic heterocycles. The Kier molecular flexibility index (Phi) is 2.64. The standard InChI is InChI=1S/C12H12F3NO/c1-7-4-3-5-9-6-16(11(17)10(7)9)8(2)12(13,14)15/h3-5,8H,6H2,1-2H3/t8-/m0/s1. The third kappa shape index (κ3) is 1.90. The molecule has 2 rings (SSSR count). The first-order chi connectivity index (χ1) is 7.82. The number of rotatable bonds is 1. The van der Waals surface area contributed by atoms with Crippen LogP contribution >= 0.6 is 0 Å². The molecule has 0 spiro atoms. The van der Waals surface area contributed by atoms with Crippen molar-refractivity contribution in [1.82, 2.24) is 4.90 Å². The Morgan fingerprint density at radius 2 is 2.00 bits per heavy atom. The van der Waals surface area contributed by atoms with Crippen LogP contribution in [0.1, 0.15) is 28.4 Å². The Morgan fingerprint density at radius 3 is 2.53 bits per heavy atom. The zero-order chi connectivity index (χ0) is 12.8. The summed E-state index contributed by atoms with van der Waals surface area (Å²) in [4.78, 5) is 12.8. The number of carbonyl (C=O) groups is 1. The summed E-state index contributed by atoms with van der Waals surface area (Å²) in [6.07, 6.45) is -4.38. The van der Waals surface area contributed by atoms with Gasteiger partial charge in [0, 0.05) is 12.1 Å². The van der Waals surface area contributed by atoms with Crippen molar-refractivity contribution in [3.63, 3.8) is 0 Å². The predicted molar refractivity (Wildman–Crippen MR) is 56.6 cm³/mol. The van der Waals surface area contributed by atoms with Gasteiger partial charge in [-0.3, -0.25) is 4.79 Å². The molecule has 2 nitrogen and oxygen atoms in total. The molecule has 0 radical (unpaired) electrons. The van der Waals surface area contributed by atoms with Crippen molar-refractivity contribution in [2.75, 3.05) is 0 Å². The highest BCUT2D eigenvalue weighted by atomic mass is 19.4. The van der Waals surface area contributed by atoms with Crippen LogP contribution in [0.2, 0.25) is 0 Å². The minimum Gasteiger partial charge on any atom is -0.322 e. The molecule has 5 heteroatoms. The van der Waals surface area contributed by atoms with Crippen LogP contribution in [0.25, 0.3) is 0 Å². The van der Waals surface area contributed by atoms with Gasteiger partial charge in [0.05, 0.1) is 0 Å². The molecule has 1 aliphatic heterocycles. The summed E-state index contributed by atoms with van der Waals surface area (Å²) >= 11 is 0. The molecule has 0 bridgehead atoms. The maximum absolute atomic E-state index is 12.6. The summed E-state index contributed by atoms with van der Waals surface area (Å²) in [5.74, 6) is -0.525. The Balaban J connectivity index is 2.36. The number of alkyl halides is 3. The van der Waals surface area contributed by atoms with Crippen LogP contribution in [0.5, 0.6) is 0 Å². The third-order valence-corrected chi connectivity index (χ3v) is 3.12. The van der Waals surface area contributed by atoms with Gasteiger partial charge in [0.2, 0.25) is 0 Å². The molecule has 0 saturated heterocycles. The Morgan fingerprint density at radius 1 is 1.35 bits per heavy atom. The molecule has 92 valence electrons. The minimum atomic E-state index is -4.38. The average molecular weight is 243 g/mol. The van der Waals surface area contributed by atoms with Crippen molar-refractivity contribution in [1.29, 1.82) is 0 Å². The van der Waals surface area contributed by atoms with Gasteiger partial charge in [-0.25, -0.2) is 0 Å². The average Bonchev–Trinajstić information content (AvgIpc) is 2.55. The molecule has 17 heavy (non-hydrogen) atoms. The molecule has 1 aliphatic rings. The number of halogens is 3. The molecule has 0 N–H and O–H groups in total. The fraction of sp³-hybridized carbons (Fsp3) is 0.417. The first-order valence-corrected chi connectivity index (χ1v) is 5.28. The van der Waals surface area contributed by atoms with E-state index in [1.807, 2.05) is 0 Å². The lowest BCUT2D eigenvalue weighted by Crippen LogP contribution is -2.43. The van der Waals surface area contributed by atoms with Gasteiger partial charge >= 0.3 is 6.18 Å². The number of aryl methyl sites for hydroxylation is 1. The van der Waals surface area contributed by atoms with Crippen molar-refractivity contribution in [3.8, 4) is 0 Å². The predicted octanol–water partition coefficient (Wildman–Crippen LogP) is 2.90. The summed E-state index contributed by atoms with van der Waals surface area (Å²) in [6.45, 7) is 2.79. The highest BCUT2D eigenvalue weighted by Crippen LogP contribution is 2.32. The van der Waals surface area contributed by atoms with E-state index in [9.17, 15) is 18.0 Å². The second kappa shape index (κ2) is 3.75. The normalized spacial score (nSPS) is 17.2. The minimum absolute atomic E-state index is 0.0382. The van der Waals surface area contributed by atoms with Gasteiger partial charge in [-0.1, -0.05) is 18.2 Å². The summed E-state index contributed by atoms with van der Waals surface area (Å²) in [5, 5.41) is 0. The van der Waals surface area contributed by atoms with E-state index in [2.05, 4.69) is 0 Å². The Labute approximate surface area is 97.0 Å². The lowest BCUT2D eigenvalue weighted by molar-refractivity contribution is -0.172. The van der Waals surface area contributed by atoms with Gasteiger partial charge in [0.1, 0.15) is 6.04 Å². The zero-order valence-electron chi connectivity index (χ0n) is 9.51. The molecule has 1 amide bonds. The van der Waals surface area contributed by atoms with E-state index in [1.165, 1.54) is 0 Å². The number of fused-ring (bicyclic) bond motifs is 1. The zero-order valence-corrected chi connectivity index (χ0v) is 9.51. The highest BCUT2D eigenvalue weighted by Gasteiger charge is 2.45. The molecule has 0 fully saturated rings. The smallest absolute Gasteiger partial charge is 0.322 e. The Bertz CT molecular complexity index is 467.